The van der Waals surface area contributed by atoms with Crippen LogP contribution in [0, 0.1) is 6.92 Å². The number of nitrogens with zero attached hydrogens (tertiary/aromatic N) is 4. The number of aliphatic imine (C=N–C) groups is 1. The van der Waals surface area contributed by atoms with E-state index in [1.54, 1.807) is 20.4 Å². The maximum atomic E-state index is 5.11. The van der Waals surface area contributed by atoms with Crippen LogP contribution >= 0.6 is 0 Å². The van der Waals surface area contributed by atoms with E-state index >= 15 is 0 Å². The maximum Gasteiger partial charge on any atom is 0.191 e. The molecule has 2 N–H and O–H groups in total. The first-order chi connectivity index (χ1) is 11.1. The molecule has 2 aromatic rings. The zero-order valence-corrected chi connectivity index (χ0v) is 14.1. The van der Waals surface area contributed by atoms with Crippen LogP contribution in [0.4, 0.5) is 0 Å². The lowest BCUT2D eigenvalue weighted by Gasteiger charge is -2.17. The molecule has 0 aromatic carbocycles. The van der Waals surface area contributed by atoms with Crippen LogP contribution in [0.2, 0.25) is 0 Å². The zero-order chi connectivity index (χ0) is 16.7. The van der Waals surface area contributed by atoms with E-state index in [2.05, 4.69) is 25.6 Å². The van der Waals surface area contributed by atoms with Crippen molar-refractivity contribution in [3.8, 4) is 5.82 Å². The fourth-order valence-corrected chi connectivity index (χ4v) is 2.19. The fraction of sp³-hybridized carbons (Fsp3) is 0.438. The van der Waals surface area contributed by atoms with Gasteiger partial charge in [0.05, 0.1) is 6.61 Å². The van der Waals surface area contributed by atoms with Gasteiger partial charge in [0.1, 0.15) is 11.6 Å². The van der Waals surface area contributed by atoms with E-state index in [-0.39, 0.29) is 6.04 Å². The molecule has 0 saturated heterocycles. The first-order valence-corrected chi connectivity index (χ1v) is 7.55. The van der Waals surface area contributed by atoms with Gasteiger partial charge in [0.25, 0.3) is 0 Å². The third-order valence-corrected chi connectivity index (χ3v) is 3.37. The van der Waals surface area contributed by atoms with Gasteiger partial charge in [0.2, 0.25) is 0 Å². The molecule has 0 aliphatic rings. The Morgan fingerprint density at radius 2 is 2.22 bits per heavy atom. The Morgan fingerprint density at radius 1 is 1.39 bits per heavy atom. The van der Waals surface area contributed by atoms with Crippen LogP contribution in [-0.4, -0.2) is 47.3 Å². The lowest BCUT2D eigenvalue weighted by atomic mass is 10.3. The predicted octanol–water partition coefficient (Wildman–Crippen LogP) is 1.28. The number of guanidine groups is 1. The highest BCUT2D eigenvalue weighted by Crippen LogP contribution is 2.08. The van der Waals surface area contributed by atoms with Gasteiger partial charge in [-0.2, -0.15) is 0 Å². The van der Waals surface area contributed by atoms with Crippen LogP contribution in [0.25, 0.3) is 5.82 Å². The second-order valence-corrected chi connectivity index (χ2v) is 5.30. The monoisotopic (exact) mass is 316 g/mol. The van der Waals surface area contributed by atoms with E-state index < -0.39 is 0 Å². The molecule has 23 heavy (non-hydrogen) atoms. The van der Waals surface area contributed by atoms with Gasteiger partial charge in [0.15, 0.2) is 5.96 Å². The maximum absolute atomic E-state index is 5.11. The van der Waals surface area contributed by atoms with E-state index in [0.29, 0.717) is 13.2 Å². The molecule has 0 radical (unpaired) electrons. The summed E-state index contributed by atoms with van der Waals surface area (Å²) in [7, 11) is 3.43. The topological polar surface area (TPSA) is 76.4 Å². The molecule has 0 aliphatic carbocycles. The van der Waals surface area contributed by atoms with Gasteiger partial charge < -0.3 is 15.4 Å². The average molecular weight is 316 g/mol. The molecule has 0 amide bonds. The summed E-state index contributed by atoms with van der Waals surface area (Å²) < 4.78 is 7.06. The lowest BCUT2D eigenvalue weighted by molar-refractivity contribution is 0.179. The van der Waals surface area contributed by atoms with Crippen molar-refractivity contribution in [3.63, 3.8) is 0 Å². The van der Waals surface area contributed by atoms with E-state index in [9.17, 15) is 0 Å². The van der Waals surface area contributed by atoms with Gasteiger partial charge in [-0.15, -0.1) is 0 Å². The highest BCUT2D eigenvalue weighted by atomic mass is 16.5. The highest BCUT2D eigenvalue weighted by molar-refractivity contribution is 5.79. The summed E-state index contributed by atoms with van der Waals surface area (Å²) in [4.78, 5) is 12.9. The Bertz CT molecular complexity index is 634. The van der Waals surface area contributed by atoms with Crippen molar-refractivity contribution >= 4 is 5.96 Å². The number of methoxy groups -OCH3 is 1. The fourth-order valence-electron chi connectivity index (χ4n) is 2.19. The molecule has 0 spiro atoms. The van der Waals surface area contributed by atoms with Gasteiger partial charge >= 0.3 is 0 Å². The first kappa shape index (κ1) is 17.0. The molecule has 2 rings (SSSR count). The number of aryl methyl sites for hydroxylation is 1. The normalized spacial score (nSPS) is 13.0. The second-order valence-electron chi connectivity index (χ2n) is 5.30. The highest BCUT2D eigenvalue weighted by Gasteiger charge is 2.05. The summed E-state index contributed by atoms with van der Waals surface area (Å²) >= 11 is 0. The molecule has 2 aromatic heterocycles. The lowest BCUT2D eigenvalue weighted by Crippen LogP contribution is -2.43. The minimum Gasteiger partial charge on any atom is -0.383 e. The Hall–Kier alpha value is -2.41. The Balaban J connectivity index is 1.92. The summed E-state index contributed by atoms with van der Waals surface area (Å²) in [5.41, 5.74) is 1.08. The molecule has 124 valence electrons. The Labute approximate surface area is 136 Å². The summed E-state index contributed by atoms with van der Waals surface area (Å²) in [5.74, 6) is 2.52. The third-order valence-electron chi connectivity index (χ3n) is 3.37. The van der Waals surface area contributed by atoms with E-state index in [1.165, 1.54) is 0 Å². The number of hydrogen-bond donors (Lipinski definition) is 2. The number of hydrogen-bond acceptors (Lipinski definition) is 4. The standard InChI is InChI=1S/C16H24N6O/c1-12(11-23-4)21-16(17-3)20-10-14-5-6-15(19-9-14)22-8-7-18-13(22)2/h5-9,12H,10-11H2,1-4H3,(H2,17,20,21). The number of pyridine rings is 1. The third kappa shape index (κ3) is 4.79. The van der Waals surface area contributed by atoms with Crippen LogP contribution in [-0.2, 0) is 11.3 Å². The SMILES string of the molecule is CN=C(NCc1ccc(-n2ccnc2C)nc1)NC(C)COC. The van der Waals surface area contributed by atoms with Crippen molar-refractivity contribution in [3.05, 3.63) is 42.1 Å². The van der Waals surface area contributed by atoms with Gasteiger partial charge in [-0.1, -0.05) is 6.07 Å². The van der Waals surface area contributed by atoms with Crippen LogP contribution < -0.4 is 10.6 Å². The number of imidazole rings is 1. The molecule has 7 nitrogen and oxygen atoms in total. The van der Waals surface area contributed by atoms with Crippen molar-refractivity contribution in [2.75, 3.05) is 20.8 Å². The summed E-state index contributed by atoms with van der Waals surface area (Å²) in [6.45, 7) is 5.27. The quantitative estimate of drug-likeness (QED) is 0.620. The summed E-state index contributed by atoms with van der Waals surface area (Å²) in [6.07, 6.45) is 5.52. The second kappa shape index (κ2) is 8.28. The van der Waals surface area contributed by atoms with Gasteiger partial charge in [-0.25, -0.2) is 9.97 Å². The number of rotatable bonds is 6. The minimum atomic E-state index is 0.191. The van der Waals surface area contributed by atoms with Crippen molar-refractivity contribution in [2.45, 2.75) is 26.4 Å². The number of aromatic nitrogens is 3. The molecule has 1 unspecified atom stereocenters. The van der Waals surface area contributed by atoms with Crippen molar-refractivity contribution in [1.29, 1.82) is 0 Å². The van der Waals surface area contributed by atoms with Crippen LogP contribution in [0.5, 0.6) is 0 Å². The van der Waals surface area contributed by atoms with Gasteiger partial charge in [-0.05, 0) is 25.5 Å². The van der Waals surface area contributed by atoms with E-state index in [1.807, 2.05) is 42.9 Å². The Kier molecular flexibility index (Phi) is 6.10. The molecule has 0 saturated carbocycles. The largest absolute Gasteiger partial charge is 0.383 e. The van der Waals surface area contributed by atoms with Crippen LogP contribution in [0.1, 0.15) is 18.3 Å². The van der Waals surface area contributed by atoms with Crippen LogP contribution in [0.3, 0.4) is 0 Å². The molecular weight excluding hydrogens is 292 g/mol. The van der Waals surface area contributed by atoms with Crippen molar-refractivity contribution < 1.29 is 4.74 Å². The minimum absolute atomic E-state index is 0.191. The van der Waals surface area contributed by atoms with Gasteiger partial charge in [0, 0.05) is 45.3 Å². The van der Waals surface area contributed by atoms with E-state index in [4.69, 9.17) is 4.74 Å². The van der Waals surface area contributed by atoms with Crippen molar-refractivity contribution in [2.24, 2.45) is 4.99 Å². The number of nitrogens with one attached hydrogen (secondary N) is 2. The molecule has 7 heteroatoms. The summed E-state index contributed by atoms with van der Waals surface area (Å²) in [5, 5.41) is 6.52. The number of ether oxygens (including phenoxy) is 1. The average Bonchev–Trinajstić information content (AvgIpc) is 2.98. The smallest absolute Gasteiger partial charge is 0.191 e. The first-order valence-electron chi connectivity index (χ1n) is 7.55. The molecular formula is C16H24N6O. The van der Waals surface area contributed by atoms with Gasteiger partial charge in [-0.3, -0.25) is 9.56 Å². The van der Waals surface area contributed by atoms with E-state index in [0.717, 1.165) is 23.2 Å². The molecule has 0 fully saturated rings. The Morgan fingerprint density at radius 3 is 2.78 bits per heavy atom. The summed E-state index contributed by atoms with van der Waals surface area (Å²) in [6, 6.07) is 4.21. The molecule has 1 atom stereocenters. The molecule has 0 bridgehead atoms. The van der Waals surface area contributed by atoms with Crippen LogP contribution in [0.15, 0.2) is 35.7 Å². The zero-order valence-electron chi connectivity index (χ0n) is 14.1. The molecule has 0 aliphatic heterocycles. The van der Waals surface area contributed by atoms with Crippen molar-refractivity contribution in [1.82, 2.24) is 25.2 Å². The molecule has 2 heterocycles. The predicted molar refractivity (Wildman–Crippen MR) is 90.8 cm³/mol.